The molecule has 0 bridgehead atoms. The van der Waals surface area contributed by atoms with Crippen LogP contribution in [0.3, 0.4) is 0 Å². The number of carbonyl (C=O) groups excluding carboxylic acids is 1. The van der Waals surface area contributed by atoms with Crippen molar-refractivity contribution in [1.29, 1.82) is 0 Å². The zero-order chi connectivity index (χ0) is 48.0. The quantitative estimate of drug-likeness (QED) is 0.0240. The Morgan fingerprint density at radius 2 is 0.923 bits per heavy atom. The highest BCUT2D eigenvalue weighted by molar-refractivity contribution is 7.45. The van der Waals surface area contributed by atoms with Gasteiger partial charge in [-0.2, -0.15) is 0 Å². The van der Waals surface area contributed by atoms with Gasteiger partial charge in [0.2, 0.25) is 5.91 Å². The molecule has 0 aromatic heterocycles. The number of amides is 1. The molecule has 65 heavy (non-hydrogen) atoms. The molecule has 0 spiro atoms. The molecule has 10 heteroatoms. The smallest absolute Gasteiger partial charge is 0.268 e. The number of hydrogen-bond acceptors (Lipinski definition) is 7. The second kappa shape index (κ2) is 46.4. The van der Waals surface area contributed by atoms with Crippen molar-refractivity contribution >= 4 is 13.7 Å². The van der Waals surface area contributed by atoms with Gasteiger partial charge >= 0.3 is 0 Å². The average molecular weight is 939 g/mol. The molecule has 9 nitrogen and oxygen atoms in total. The summed E-state index contributed by atoms with van der Waals surface area (Å²) in [7, 11) is 1.13. The first-order valence-corrected chi connectivity index (χ1v) is 28.9. The third-order valence-corrected chi connectivity index (χ3v) is 13.4. The molecule has 0 aliphatic rings. The van der Waals surface area contributed by atoms with Crippen molar-refractivity contribution in [3.63, 3.8) is 0 Å². The van der Waals surface area contributed by atoms with Crippen LogP contribution in [-0.2, 0) is 18.4 Å². The van der Waals surface area contributed by atoms with Crippen LogP contribution < -0.4 is 10.2 Å². The Morgan fingerprint density at radius 3 is 1.34 bits per heavy atom. The molecule has 1 amide bonds. The van der Waals surface area contributed by atoms with Crippen LogP contribution in [0.25, 0.3) is 0 Å². The number of likely N-dealkylation sites (N-methyl/N-ethyl adjacent to an activating group) is 1. The van der Waals surface area contributed by atoms with E-state index >= 15 is 0 Å². The Kier molecular flexibility index (Phi) is 45.5. The first kappa shape index (κ1) is 63.7. The summed E-state index contributed by atoms with van der Waals surface area (Å²) in [4.78, 5) is 25.5. The highest BCUT2D eigenvalue weighted by Gasteiger charge is 2.29. The molecule has 4 atom stereocenters. The molecule has 0 aromatic rings. The molecule has 0 heterocycles. The van der Waals surface area contributed by atoms with E-state index in [1.807, 2.05) is 21.1 Å². The summed E-state index contributed by atoms with van der Waals surface area (Å²) >= 11 is 0. The summed E-state index contributed by atoms with van der Waals surface area (Å²) in [5.41, 5.74) is 0. The maximum absolute atomic E-state index is 13.0. The van der Waals surface area contributed by atoms with Crippen molar-refractivity contribution in [3.8, 4) is 0 Å². The van der Waals surface area contributed by atoms with Gasteiger partial charge in [-0.15, -0.1) is 0 Å². The second-order valence-corrected chi connectivity index (χ2v) is 21.5. The molecule has 3 N–H and O–H groups in total. The number of phosphoric acid groups is 1. The number of nitrogens with one attached hydrogen (secondary N) is 1. The van der Waals surface area contributed by atoms with Crippen LogP contribution in [0.1, 0.15) is 251 Å². The molecule has 0 rings (SSSR count). The number of phosphoric ester groups is 1. The van der Waals surface area contributed by atoms with E-state index in [1.165, 1.54) is 167 Å². The van der Waals surface area contributed by atoms with E-state index in [-0.39, 0.29) is 18.9 Å². The summed E-state index contributed by atoms with van der Waals surface area (Å²) < 4.78 is 23.2. The lowest BCUT2D eigenvalue weighted by atomic mass is 9.99. The predicted molar refractivity (Wildman–Crippen MR) is 276 cm³/mol. The van der Waals surface area contributed by atoms with Crippen LogP contribution in [0, 0.1) is 0 Å². The van der Waals surface area contributed by atoms with E-state index in [0.29, 0.717) is 17.4 Å². The standard InChI is InChI=1S/C55H107N2O7P/c1-6-8-10-12-14-16-18-20-21-22-23-24-25-26-27-28-29-30-31-32-33-34-35-36-38-40-42-44-46-48-54(59)56-52(51-64-65(61,62)63-50-49-57(3,4)5)55(60)53(58)47-45-43-41-39-37-19-17-15-13-11-9-7-2/h18,20,22-23,25-26,52-53,55,58,60H,6-17,19,21,24,27-51H2,1-5H3,(H-,56,59,61,62)/b20-18-,23-22-,26-25-. The minimum absolute atomic E-state index is 0.0404. The first-order chi connectivity index (χ1) is 31.4. The molecule has 0 aliphatic carbocycles. The summed E-state index contributed by atoms with van der Waals surface area (Å²) in [6.45, 7) is 4.44. The molecule has 0 saturated heterocycles. The lowest BCUT2D eigenvalue weighted by Gasteiger charge is -2.31. The molecule has 0 saturated carbocycles. The second-order valence-electron chi connectivity index (χ2n) is 20.1. The lowest BCUT2D eigenvalue weighted by molar-refractivity contribution is -0.870. The largest absolute Gasteiger partial charge is 0.756 e. The van der Waals surface area contributed by atoms with Crippen LogP contribution in [0.15, 0.2) is 36.5 Å². The molecule has 384 valence electrons. The zero-order valence-electron chi connectivity index (χ0n) is 43.3. The van der Waals surface area contributed by atoms with Crippen LogP contribution in [0.5, 0.6) is 0 Å². The van der Waals surface area contributed by atoms with Crippen molar-refractivity contribution < 1.29 is 38.0 Å². The van der Waals surface area contributed by atoms with Crippen LogP contribution in [0.4, 0.5) is 0 Å². The Morgan fingerprint density at radius 1 is 0.554 bits per heavy atom. The highest BCUT2D eigenvalue weighted by atomic mass is 31.2. The Hall–Kier alpha value is -1.32. The van der Waals surface area contributed by atoms with Crippen molar-refractivity contribution in [3.05, 3.63) is 36.5 Å². The Balaban J connectivity index is 4.18. The lowest BCUT2D eigenvalue weighted by Crippen LogP contribution is -2.51. The number of nitrogens with zero attached hydrogens (tertiary/aromatic N) is 1. The number of unbranched alkanes of at least 4 members (excludes halogenated alkanes) is 30. The number of allylic oxidation sites excluding steroid dienone is 6. The van der Waals surface area contributed by atoms with Crippen molar-refractivity contribution in [1.82, 2.24) is 5.32 Å². The van der Waals surface area contributed by atoms with Gasteiger partial charge in [0.05, 0.1) is 39.9 Å². The monoisotopic (exact) mass is 939 g/mol. The van der Waals surface area contributed by atoms with E-state index in [4.69, 9.17) is 9.05 Å². The van der Waals surface area contributed by atoms with Gasteiger partial charge < -0.3 is 34.0 Å². The summed E-state index contributed by atoms with van der Waals surface area (Å²) in [6, 6.07) is -1.07. The molecule has 4 unspecified atom stereocenters. The fourth-order valence-corrected chi connectivity index (χ4v) is 8.81. The number of aliphatic hydroxyl groups excluding tert-OH is 2. The molecular formula is C55H107N2O7P. The average Bonchev–Trinajstić information content (AvgIpc) is 3.26. The van der Waals surface area contributed by atoms with Crippen LogP contribution in [0.2, 0.25) is 0 Å². The van der Waals surface area contributed by atoms with Gasteiger partial charge in [-0.1, -0.05) is 230 Å². The fourth-order valence-electron chi connectivity index (χ4n) is 8.09. The van der Waals surface area contributed by atoms with Crippen LogP contribution in [-0.4, -0.2) is 79.8 Å². The van der Waals surface area contributed by atoms with Crippen molar-refractivity contribution in [2.24, 2.45) is 0 Å². The summed E-state index contributed by atoms with van der Waals surface area (Å²) in [6.07, 6.45) is 54.8. The van der Waals surface area contributed by atoms with E-state index in [0.717, 1.165) is 57.8 Å². The van der Waals surface area contributed by atoms with Crippen molar-refractivity contribution in [2.75, 3.05) is 40.9 Å². The minimum atomic E-state index is -4.67. The minimum Gasteiger partial charge on any atom is -0.756 e. The number of aliphatic hydroxyl groups is 2. The maximum Gasteiger partial charge on any atom is 0.268 e. The third kappa shape index (κ3) is 47.5. The van der Waals surface area contributed by atoms with Gasteiger partial charge in [0.25, 0.3) is 7.82 Å². The fraction of sp³-hybridized carbons (Fsp3) is 0.873. The van der Waals surface area contributed by atoms with E-state index < -0.39 is 32.7 Å². The number of hydrogen-bond donors (Lipinski definition) is 3. The highest BCUT2D eigenvalue weighted by Crippen LogP contribution is 2.38. The first-order valence-electron chi connectivity index (χ1n) is 27.4. The van der Waals surface area contributed by atoms with Gasteiger partial charge in [0.1, 0.15) is 19.3 Å². The number of rotatable bonds is 50. The van der Waals surface area contributed by atoms with E-state index in [2.05, 4.69) is 55.6 Å². The van der Waals surface area contributed by atoms with Gasteiger partial charge in [0.15, 0.2) is 0 Å². The van der Waals surface area contributed by atoms with Crippen LogP contribution >= 0.6 is 7.82 Å². The topological polar surface area (TPSA) is 128 Å². The number of quaternary nitrogens is 1. The van der Waals surface area contributed by atoms with E-state index in [9.17, 15) is 24.5 Å². The molecule has 0 fully saturated rings. The van der Waals surface area contributed by atoms with E-state index in [1.54, 1.807) is 0 Å². The molecule has 0 aromatic carbocycles. The third-order valence-electron chi connectivity index (χ3n) is 12.5. The van der Waals surface area contributed by atoms with Gasteiger partial charge in [-0.05, 0) is 51.4 Å². The number of carbonyl (C=O) groups is 1. The summed E-state index contributed by atoms with van der Waals surface area (Å²) in [5.74, 6) is -0.278. The molecule has 0 radical (unpaired) electrons. The van der Waals surface area contributed by atoms with Gasteiger partial charge in [-0.3, -0.25) is 9.36 Å². The molecular weight excluding hydrogens is 832 g/mol. The maximum atomic E-state index is 13.0. The SMILES string of the molecule is CCCCCCC/C=C\C/C=C\C/C=C\CCCCCCCCCCCCCCCCC(=O)NC(COP(=O)([O-])OCC[N+](C)(C)C)C(O)C(O)CCCCCCCCCCCCCC. The Labute approximate surface area is 402 Å². The molecule has 0 aliphatic heterocycles. The van der Waals surface area contributed by atoms with Crippen molar-refractivity contribution in [2.45, 2.75) is 270 Å². The van der Waals surface area contributed by atoms with Gasteiger partial charge in [-0.25, -0.2) is 0 Å². The Bertz CT molecular complexity index is 1170. The summed E-state index contributed by atoms with van der Waals surface area (Å²) in [5, 5.41) is 24.7. The van der Waals surface area contributed by atoms with Gasteiger partial charge in [0, 0.05) is 6.42 Å². The zero-order valence-corrected chi connectivity index (χ0v) is 44.2. The normalized spacial score (nSPS) is 14.8. The predicted octanol–water partition coefficient (Wildman–Crippen LogP) is 14.5.